The van der Waals surface area contributed by atoms with Crippen LogP contribution < -0.4 is 11.1 Å². The molecule has 9 heteroatoms. The SMILES string of the molecule is Nc1cccc(C(=O)Nc2nc3cc(C(=O)N4CCCCC4)cnc3n2C2CCCOC2)c1. The Balaban J connectivity index is 1.50. The Hall–Kier alpha value is -3.46. The van der Waals surface area contributed by atoms with Crippen LogP contribution in [0.25, 0.3) is 11.2 Å². The van der Waals surface area contributed by atoms with Gasteiger partial charge in [0.25, 0.3) is 11.8 Å². The van der Waals surface area contributed by atoms with Gasteiger partial charge in [0.2, 0.25) is 5.95 Å². The van der Waals surface area contributed by atoms with E-state index in [-0.39, 0.29) is 17.9 Å². The van der Waals surface area contributed by atoms with Crippen molar-refractivity contribution in [2.75, 3.05) is 37.4 Å². The molecule has 1 aromatic carbocycles. The Kier molecular flexibility index (Phi) is 5.95. The van der Waals surface area contributed by atoms with E-state index >= 15 is 0 Å². The number of rotatable bonds is 4. The molecule has 0 saturated carbocycles. The number of imidazole rings is 1. The third kappa shape index (κ3) is 4.41. The summed E-state index contributed by atoms with van der Waals surface area (Å²) in [5.74, 6) is 0.0631. The highest BCUT2D eigenvalue weighted by atomic mass is 16.5. The zero-order valence-corrected chi connectivity index (χ0v) is 18.5. The minimum absolute atomic E-state index is 0.00367. The number of hydrogen-bond acceptors (Lipinski definition) is 6. The Morgan fingerprint density at radius 2 is 1.94 bits per heavy atom. The highest BCUT2D eigenvalue weighted by Gasteiger charge is 2.26. The lowest BCUT2D eigenvalue weighted by molar-refractivity contribution is 0.0608. The first-order valence-electron chi connectivity index (χ1n) is 11.5. The van der Waals surface area contributed by atoms with Gasteiger partial charge in [-0.3, -0.25) is 19.5 Å². The molecule has 3 N–H and O–H groups in total. The molecule has 0 radical (unpaired) electrons. The van der Waals surface area contributed by atoms with E-state index in [0.29, 0.717) is 40.5 Å². The molecule has 0 spiro atoms. The predicted molar refractivity (Wildman–Crippen MR) is 125 cm³/mol. The van der Waals surface area contributed by atoms with E-state index in [0.717, 1.165) is 51.8 Å². The maximum absolute atomic E-state index is 13.0. The number of carbonyl (C=O) groups excluding carboxylic acids is 2. The van der Waals surface area contributed by atoms with Crippen molar-refractivity contribution in [1.29, 1.82) is 0 Å². The monoisotopic (exact) mass is 448 g/mol. The molecule has 2 aromatic heterocycles. The van der Waals surface area contributed by atoms with Gasteiger partial charge in [0.15, 0.2) is 5.65 Å². The number of aromatic nitrogens is 3. The maximum Gasteiger partial charge on any atom is 0.258 e. The van der Waals surface area contributed by atoms with Gasteiger partial charge in [-0.05, 0) is 56.4 Å². The fourth-order valence-corrected chi connectivity index (χ4v) is 4.59. The van der Waals surface area contributed by atoms with Gasteiger partial charge >= 0.3 is 0 Å². The van der Waals surface area contributed by atoms with Crippen LogP contribution in [0.4, 0.5) is 11.6 Å². The quantitative estimate of drug-likeness (QED) is 0.592. The first kappa shape index (κ1) is 21.4. The number of nitrogens with two attached hydrogens (primary N) is 1. The number of nitrogens with zero attached hydrogens (tertiary/aromatic N) is 4. The molecule has 3 aromatic rings. The lowest BCUT2D eigenvalue weighted by atomic mass is 10.1. The van der Waals surface area contributed by atoms with Crippen LogP contribution in [-0.2, 0) is 4.74 Å². The van der Waals surface area contributed by atoms with Gasteiger partial charge in [0.1, 0.15) is 5.52 Å². The van der Waals surface area contributed by atoms with E-state index in [9.17, 15) is 9.59 Å². The topological polar surface area (TPSA) is 115 Å². The summed E-state index contributed by atoms with van der Waals surface area (Å²) in [6.07, 6.45) is 6.63. The fraction of sp³-hybridized carbons (Fsp3) is 0.417. The average molecular weight is 449 g/mol. The Morgan fingerprint density at radius 1 is 1.09 bits per heavy atom. The zero-order chi connectivity index (χ0) is 22.8. The molecule has 4 heterocycles. The van der Waals surface area contributed by atoms with Crippen LogP contribution >= 0.6 is 0 Å². The normalized spacial score (nSPS) is 18.9. The summed E-state index contributed by atoms with van der Waals surface area (Å²) in [6.45, 7) is 2.78. The lowest BCUT2D eigenvalue weighted by Gasteiger charge is -2.26. The molecule has 9 nitrogen and oxygen atoms in total. The van der Waals surface area contributed by atoms with Gasteiger partial charge in [-0.2, -0.15) is 0 Å². The van der Waals surface area contributed by atoms with E-state index in [1.54, 1.807) is 36.5 Å². The summed E-state index contributed by atoms with van der Waals surface area (Å²) in [5.41, 5.74) is 8.52. The molecule has 0 bridgehead atoms. The van der Waals surface area contributed by atoms with Crippen LogP contribution in [0.3, 0.4) is 0 Å². The highest BCUT2D eigenvalue weighted by Crippen LogP contribution is 2.29. The zero-order valence-electron chi connectivity index (χ0n) is 18.5. The molecule has 1 unspecified atom stereocenters. The number of likely N-dealkylation sites (tertiary alicyclic amines) is 1. The number of pyridine rings is 1. The van der Waals surface area contributed by atoms with Gasteiger partial charge in [0.05, 0.1) is 18.2 Å². The van der Waals surface area contributed by atoms with Crippen molar-refractivity contribution in [3.8, 4) is 0 Å². The molecular weight excluding hydrogens is 420 g/mol. The number of ether oxygens (including phenoxy) is 1. The van der Waals surface area contributed by atoms with Crippen molar-refractivity contribution >= 4 is 34.6 Å². The van der Waals surface area contributed by atoms with Crippen LogP contribution in [0, 0.1) is 0 Å². The first-order chi connectivity index (χ1) is 16.1. The van der Waals surface area contributed by atoms with Gasteiger partial charge in [-0.1, -0.05) is 6.07 Å². The lowest BCUT2D eigenvalue weighted by Crippen LogP contribution is -2.35. The van der Waals surface area contributed by atoms with Crippen LogP contribution in [0.1, 0.15) is 58.9 Å². The minimum atomic E-state index is -0.305. The van der Waals surface area contributed by atoms with E-state index in [1.165, 1.54) is 0 Å². The van der Waals surface area contributed by atoms with Crippen molar-refractivity contribution < 1.29 is 14.3 Å². The van der Waals surface area contributed by atoms with Crippen LogP contribution in [0.15, 0.2) is 36.5 Å². The Bertz CT molecular complexity index is 1180. The van der Waals surface area contributed by atoms with Gasteiger partial charge in [-0.25, -0.2) is 9.97 Å². The summed E-state index contributed by atoms with van der Waals surface area (Å²) < 4.78 is 7.61. The number of nitrogens with one attached hydrogen (secondary N) is 1. The molecule has 0 aliphatic carbocycles. The number of amides is 2. The molecule has 2 saturated heterocycles. The fourth-order valence-electron chi connectivity index (χ4n) is 4.59. The first-order valence-corrected chi connectivity index (χ1v) is 11.5. The molecule has 2 aliphatic heterocycles. The van der Waals surface area contributed by atoms with E-state index in [2.05, 4.69) is 15.3 Å². The number of piperidine rings is 1. The number of anilines is 2. The maximum atomic E-state index is 13.0. The van der Waals surface area contributed by atoms with Crippen molar-refractivity contribution in [3.63, 3.8) is 0 Å². The number of benzene rings is 1. The smallest absolute Gasteiger partial charge is 0.258 e. The number of nitrogen functional groups attached to an aromatic ring is 1. The second-order valence-electron chi connectivity index (χ2n) is 8.68. The van der Waals surface area contributed by atoms with Crippen molar-refractivity contribution in [3.05, 3.63) is 47.7 Å². The molecule has 5 rings (SSSR count). The van der Waals surface area contributed by atoms with Gasteiger partial charge in [0, 0.05) is 37.1 Å². The molecule has 172 valence electrons. The van der Waals surface area contributed by atoms with Crippen LogP contribution in [-0.4, -0.2) is 57.6 Å². The van der Waals surface area contributed by atoms with E-state index in [4.69, 9.17) is 10.5 Å². The van der Waals surface area contributed by atoms with Gasteiger partial charge < -0.3 is 15.4 Å². The molecule has 1 atom stereocenters. The Morgan fingerprint density at radius 3 is 2.70 bits per heavy atom. The summed E-state index contributed by atoms with van der Waals surface area (Å²) >= 11 is 0. The highest BCUT2D eigenvalue weighted by molar-refractivity contribution is 6.04. The number of hydrogen-bond donors (Lipinski definition) is 2. The third-order valence-corrected chi connectivity index (χ3v) is 6.30. The standard InChI is InChI=1S/C24H28N6O3/c25-18-7-4-6-16(12-18)22(31)28-24-27-20-13-17(23(32)29-9-2-1-3-10-29)14-26-21(20)30(24)19-8-5-11-33-15-19/h4,6-7,12-14,19H,1-3,5,8-11,15,25H2,(H,27,28,31). The molecule has 2 amide bonds. The average Bonchev–Trinajstić information content (AvgIpc) is 3.21. The van der Waals surface area contributed by atoms with Crippen molar-refractivity contribution in [2.45, 2.75) is 38.1 Å². The minimum Gasteiger partial charge on any atom is -0.399 e. The molecular formula is C24H28N6O3. The second kappa shape index (κ2) is 9.19. The van der Waals surface area contributed by atoms with E-state index < -0.39 is 0 Å². The predicted octanol–water partition coefficient (Wildman–Crippen LogP) is 3.24. The summed E-state index contributed by atoms with van der Waals surface area (Å²) in [7, 11) is 0. The van der Waals surface area contributed by atoms with Gasteiger partial charge in [-0.15, -0.1) is 0 Å². The molecule has 2 aliphatic rings. The third-order valence-electron chi connectivity index (χ3n) is 6.30. The number of fused-ring (bicyclic) bond motifs is 1. The summed E-state index contributed by atoms with van der Waals surface area (Å²) in [5, 5.41) is 2.92. The number of carbonyl (C=O) groups is 2. The summed E-state index contributed by atoms with van der Waals surface area (Å²) in [6, 6.07) is 8.57. The summed E-state index contributed by atoms with van der Waals surface area (Å²) in [4.78, 5) is 37.1. The van der Waals surface area contributed by atoms with Crippen LogP contribution in [0.2, 0.25) is 0 Å². The van der Waals surface area contributed by atoms with E-state index in [1.807, 2.05) is 9.47 Å². The van der Waals surface area contributed by atoms with Crippen LogP contribution in [0.5, 0.6) is 0 Å². The Labute approximate surface area is 191 Å². The second-order valence-corrected chi connectivity index (χ2v) is 8.68. The molecule has 33 heavy (non-hydrogen) atoms. The van der Waals surface area contributed by atoms with Crippen molar-refractivity contribution in [2.24, 2.45) is 0 Å². The van der Waals surface area contributed by atoms with Crippen molar-refractivity contribution in [1.82, 2.24) is 19.4 Å². The molecule has 2 fully saturated rings. The largest absolute Gasteiger partial charge is 0.399 e.